The van der Waals surface area contributed by atoms with Crippen molar-refractivity contribution in [3.63, 3.8) is 0 Å². The maximum atomic E-state index is 13.5. The van der Waals surface area contributed by atoms with Crippen molar-refractivity contribution in [2.45, 2.75) is 43.7 Å². The molecule has 28 heavy (non-hydrogen) atoms. The van der Waals surface area contributed by atoms with Crippen LogP contribution in [0.5, 0.6) is 0 Å². The Balaban J connectivity index is 1.51. The van der Waals surface area contributed by atoms with Crippen LogP contribution < -0.4 is 5.73 Å². The highest BCUT2D eigenvalue weighted by molar-refractivity contribution is 5.81. The first kappa shape index (κ1) is 19.0. The molecule has 2 atom stereocenters. The molecule has 4 rings (SSSR count). The first-order valence-corrected chi connectivity index (χ1v) is 9.61. The quantitative estimate of drug-likeness (QED) is 0.860. The van der Waals surface area contributed by atoms with Gasteiger partial charge < -0.3 is 10.6 Å². The normalized spacial score (nSPS) is 24.2. The zero-order chi connectivity index (χ0) is 19.9. The Bertz CT molecular complexity index is 878. The second-order valence-electron chi connectivity index (χ2n) is 7.93. The van der Waals surface area contributed by atoms with Crippen molar-refractivity contribution in [2.75, 3.05) is 6.54 Å². The summed E-state index contributed by atoms with van der Waals surface area (Å²) in [5.41, 5.74) is 8.90. The van der Waals surface area contributed by atoms with E-state index in [-0.39, 0.29) is 36.6 Å². The van der Waals surface area contributed by atoms with Crippen molar-refractivity contribution < 1.29 is 18.0 Å². The first-order valence-electron chi connectivity index (χ1n) is 9.61. The van der Waals surface area contributed by atoms with E-state index in [0.717, 1.165) is 16.7 Å². The van der Waals surface area contributed by atoms with Crippen molar-refractivity contribution in [1.82, 2.24) is 4.90 Å². The van der Waals surface area contributed by atoms with E-state index in [9.17, 15) is 18.0 Å². The molecular formula is C22H23F3N2O. The number of amides is 1. The maximum absolute atomic E-state index is 13.5. The predicted molar refractivity (Wildman–Crippen MR) is 101 cm³/mol. The lowest BCUT2D eigenvalue weighted by atomic mass is 9.80. The molecule has 0 radical (unpaired) electrons. The molecule has 148 valence electrons. The molecule has 1 aliphatic heterocycles. The highest BCUT2D eigenvalue weighted by atomic mass is 19.3. The van der Waals surface area contributed by atoms with Crippen LogP contribution in [-0.2, 0) is 11.2 Å². The minimum Gasteiger partial charge on any atom is -0.338 e. The van der Waals surface area contributed by atoms with E-state index in [0.29, 0.717) is 19.4 Å². The van der Waals surface area contributed by atoms with Crippen molar-refractivity contribution in [3.05, 3.63) is 59.9 Å². The standard InChI is InChI=1S/C22H23F3N2O/c23-18-6-2-5-16(11-18)15-4-1-3-14(9-15)10-20-19(26)7-8-27(20)21(28)17-12-22(24,25)13-17/h1-6,9,11,17,19-20H,7-8,10,12-13,26H2. The Kier molecular flexibility index (Phi) is 4.91. The van der Waals surface area contributed by atoms with E-state index in [1.807, 2.05) is 30.3 Å². The van der Waals surface area contributed by atoms with E-state index in [1.165, 1.54) is 12.1 Å². The van der Waals surface area contributed by atoms with Gasteiger partial charge >= 0.3 is 0 Å². The third-order valence-corrected chi connectivity index (χ3v) is 5.85. The summed E-state index contributed by atoms with van der Waals surface area (Å²) in [4.78, 5) is 14.4. The van der Waals surface area contributed by atoms with Crippen molar-refractivity contribution in [2.24, 2.45) is 11.7 Å². The molecule has 0 bridgehead atoms. The molecule has 1 saturated heterocycles. The van der Waals surface area contributed by atoms with Crippen LogP contribution in [0.2, 0.25) is 0 Å². The summed E-state index contributed by atoms with van der Waals surface area (Å²) in [5, 5.41) is 0. The third-order valence-electron chi connectivity index (χ3n) is 5.85. The van der Waals surface area contributed by atoms with Gasteiger partial charge in [0.1, 0.15) is 5.82 Å². The molecule has 6 heteroatoms. The van der Waals surface area contributed by atoms with Crippen LogP contribution in [0.3, 0.4) is 0 Å². The van der Waals surface area contributed by atoms with E-state index < -0.39 is 11.8 Å². The Morgan fingerprint density at radius 3 is 2.46 bits per heavy atom. The van der Waals surface area contributed by atoms with Gasteiger partial charge in [0.15, 0.2) is 0 Å². The van der Waals surface area contributed by atoms with Crippen LogP contribution in [0.1, 0.15) is 24.8 Å². The molecule has 1 amide bonds. The first-order chi connectivity index (χ1) is 13.3. The molecule has 2 fully saturated rings. The van der Waals surface area contributed by atoms with Gasteiger partial charge in [0.2, 0.25) is 11.8 Å². The lowest BCUT2D eigenvalue weighted by Crippen LogP contribution is -2.51. The summed E-state index contributed by atoms with van der Waals surface area (Å²) in [7, 11) is 0. The Morgan fingerprint density at radius 1 is 1.11 bits per heavy atom. The SMILES string of the molecule is NC1CCN(C(=O)C2CC(F)(F)C2)C1Cc1cccc(-c2cccc(F)c2)c1. The minimum absolute atomic E-state index is 0.178. The molecule has 1 aliphatic carbocycles. The molecule has 3 nitrogen and oxygen atoms in total. The summed E-state index contributed by atoms with van der Waals surface area (Å²) in [5.74, 6) is -3.81. The molecule has 2 unspecified atom stereocenters. The Morgan fingerprint density at radius 2 is 1.79 bits per heavy atom. The highest BCUT2D eigenvalue weighted by Crippen LogP contribution is 2.44. The largest absolute Gasteiger partial charge is 0.338 e. The number of rotatable bonds is 4. The number of likely N-dealkylation sites (tertiary alicyclic amines) is 1. The van der Waals surface area contributed by atoms with E-state index in [1.54, 1.807) is 11.0 Å². The average Bonchev–Trinajstić information content (AvgIpc) is 3.00. The molecule has 2 aromatic rings. The smallest absolute Gasteiger partial charge is 0.249 e. The average molecular weight is 388 g/mol. The van der Waals surface area contributed by atoms with Gasteiger partial charge in [-0.25, -0.2) is 13.2 Å². The lowest BCUT2D eigenvalue weighted by Gasteiger charge is -2.38. The summed E-state index contributed by atoms with van der Waals surface area (Å²) >= 11 is 0. The van der Waals surface area contributed by atoms with Crippen LogP contribution in [0.15, 0.2) is 48.5 Å². The van der Waals surface area contributed by atoms with Crippen molar-refractivity contribution in [3.8, 4) is 11.1 Å². The van der Waals surface area contributed by atoms with Gasteiger partial charge in [-0.15, -0.1) is 0 Å². The van der Waals surface area contributed by atoms with Gasteiger partial charge in [-0.05, 0) is 41.7 Å². The molecule has 0 spiro atoms. The number of benzene rings is 2. The molecule has 2 N–H and O–H groups in total. The fourth-order valence-corrected chi connectivity index (χ4v) is 4.27. The van der Waals surface area contributed by atoms with Gasteiger partial charge in [-0.3, -0.25) is 4.79 Å². The van der Waals surface area contributed by atoms with Crippen LogP contribution in [0, 0.1) is 11.7 Å². The van der Waals surface area contributed by atoms with Gasteiger partial charge in [0.25, 0.3) is 0 Å². The third kappa shape index (κ3) is 3.78. The number of carbonyl (C=O) groups excluding carboxylic acids is 1. The zero-order valence-electron chi connectivity index (χ0n) is 15.5. The summed E-state index contributed by atoms with van der Waals surface area (Å²) in [6, 6.07) is 13.7. The van der Waals surface area contributed by atoms with E-state index in [4.69, 9.17) is 5.73 Å². The number of nitrogens with zero attached hydrogens (tertiary/aromatic N) is 1. The number of carbonyl (C=O) groups is 1. The van der Waals surface area contributed by atoms with E-state index in [2.05, 4.69) is 0 Å². The maximum Gasteiger partial charge on any atom is 0.249 e. The lowest BCUT2D eigenvalue weighted by molar-refractivity contribution is -0.160. The molecule has 1 heterocycles. The molecule has 2 aromatic carbocycles. The molecule has 1 saturated carbocycles. The predicted octanol–water partition coefficient (Wildman–Crippen LogP) is 4.01. The van der Waals surface area contributed by atoms with E-state index >= 15 is 0 Å². The number of nitrogens with two attached hydrogens (primary N) is 1. The van der Waals surface area contributed by atoms with Gasteiger partial charge in [0.05, 0.1) is 6.04 Å². The second-order valence-corrected chi connectivity index (χ2v) is 7.93. The minimum atomic E-state index is -2.71. The second kappa shape index (κ2) is 7.24. The molecular weight excluding hydrogens is 365 g/mol. The number of hydrogen-bond acceptors (Lipinski definition) is 2. The summed E-state index contributed by atoms with van der Waals surface area (Å²) < 4.78 is 39.9. The fourth-order valence-electron chi connectivity index (χ4n) is 4.27. The van der Waals surface area contributed by atoms with Gasteiger partial charge in [-0.1, -0.05) is 36.4 Å². The van der Waals surface area contributed by atoms with Crippen LogP contribution >= 0.6 is 0 Å². The van der Waals surface area contributed by atoms with Crippen LogP contribution in [-0.4, -0.2) is 35.4 Å². The van der Waals surface area contributed by atoms with Crippen LogP contribution in [0.4, 0.5) is 13.2 Å². The number of hydrogen-bond donors (Lipinski definition) is 1. The topological polar surface area (TPSA) is 46.3 Å². The summed E-state index contributed by atoms with van der Waals surface area (Å²) in [6.45, 7) is 0.510. The number of alkyl halides is 2. The van der Waals surface area contributed by atoms with Gasteiger partial charge in [0, 0.05) is 31.3 Å². The van der Waals surface area contributed by atoms with Gasteiger partial charge in [-0.2, -0.15) is 0 Å². The number of halogens is 3. The Labute approximate surface area is 162 Å². The van der Waals surface area contributed by atoms with Crippen molar-refractivity contribution in [1.29, 1.82) is 0 Å². The molecule has 0 aromatic heterocycles. The fraction of sp³-hybridized carbons (Fsp3) is 0.409. The summed E-state index contributed by atoms with van der Waals surface area (Å²) in [6.07, 6.45) is 0.501. The van der Waals surface area contributed by atoms with Crippen LogP contribution in [0.25, 0.3) is 11.1 Å². The van der Waals surface area contributed by atoms with Crippen molar-refractivity contribution >= 4 is 5.91 Å². The molecule has 2 aliphatic rings. The zero-order valence-corrected chi connectivity index (χ0v) is 15.5. The Hall–Kier alpha value is -2.34. The monoisotopic (exact) mass is 388 g/mol. The highest BCUT2D eigenvalue weighted by Gasteiger charge is 2.51.